The second-order valence-electron chi connectivity index (χ2n) is 5.90. The van der Waals surface area contributed by atoms with E-state index in [-0.39, 0.29) is 17.5 Å². The Bertz CT molecular complexity index is 835. The molecule has 0 saturated carbocycles. The quantitative estimate of drug-likeness (QED) is 0.731. The molecule has 7 nitrogen and oxygen atoms in total. The average molecular weight is 370 g/mol. The van der Waals surface area contributed by atoms with Crippen molar-refractivity contribution in [1.82, 2.24) is 5.32 Å². The third kappa shape index (κ3) is 6.14. The van der Waals surface area contributed by atoms with Gasteiger partial charge in [0.15, 0.2) is 6.61 Å². The molecule has 0 unspecified atom stereocenters. The molecule has 142 valence electrons. The fourth-order valence-corrected chi connectivity index (χ4v) is 2.42. The van der Waals surface area contributed by atoms with Crippen LogP contribution in [0.15, 0.2) is 48.5 Å². The molecule has 2 rings (SSSR count). The van der Waals surface area contributed by atoms with E-state index in [1.807, 2.05) is 31.2 Å². The van der Waals surface area contributed by atoms with E-state index in [1.165, 1.54) is 13.0 Å². The minimum atomic E-state index is -0.647. The van der Waals surface area contributed by atoms with Crippen LogP contribution in [-0.2, 0) is 14.3 Å². The molecule has 0 bridgehead atoms. The van der Waals surface area contributed by atoms with Gasteiger partial charge in [0.25, 0.3) is 5.91 Å². The first kappa shape index (κ1) is 20.0. The highest BCUT2D eigenvalue weighted by Crippen LogP contribution is 2.18. The molecule has 0 heterocycles. The molecule has 2 aromatic carbocycles. The van der Waals surface area contributed by atoms with E-state index in [1.54, 1.807) is 25.3 Å². The van der Waals surface area contributed by atoms with Crippen molar-refractivity contribution >= 4 is 23.5 Å². The molecule has 2 aromatic rings. The van der Waals surface area contributed by atoms with Crippen LogP contribution in [0.1, 0.15) is 35.8 Å². The van der Waals surface area contributed by atoms with Gasteiger partial charge in [-0.3, -0.25) is 9.59 Å². The zero-order chi connectivity index (χ0) is 19.8. The molecule has 0 spiro atoms. The largest absolute Gasteiger partial charge is 0.497 e. The van der Waals surface area contributed by atoms with Gasteiger partial charge in [-0.2, -0.15) is 0 Å². The number of ether oxygens (including phenoxy) is 2. The fourth-order valence-electron chi connectivity index (χ4n) is 2.42. The zero-order valence-corrected chi connectivity index (χ0v) is 15.4. The van der Waals surface area contributed by atoms with Crippen molar-refractivity contribution in [2.45, 2.75) is 19.9 Å². The summed E-state index contributed by atoms with van der Waals surface area (Å²) < 4.78 is 10.2. The lowest BCUT2D eigenvalue weighted by Gasteiger charge is -2.15. The third-order valence-electron chi connectivity index (χ3n) is 3.72. The van der Waals surface area contributed by atoms with Crippen LogP contribution >= 0.6 is 0 Å². The van der Waals surface area contributed by atoms with Crippen LogP contribution < -0.4 is 15.4 Å². The molecule has 1 atom stereocenters. The second-order valence-corrected chi connectivity index (χ2v) is 5.90. The Morgan fingerprint density at radius 2 is 1.81 bits per heavy atom. The molecule has 2 N–H and O–H groups in total. The molecular weight excluding hydrogens is 348 g/mol. The van der Waals surface area contributed by atoms with E-state index in [0.29, 0.717) is 11.4 Å². The molecule has 0 saturated heterocycles. The average Bonchev–Trinajstić information content (AvgIpc) is 2.65. The molecular formula is C20H22N2O5. The zero-order valence-electron chi connectivity index (χ0n) is 15.4. The summed E-state index contributed by atoms with van der Waals surface area (Å²) in [5, 5.41) is 5.35. The fraction of sp³-hybridized carbons (Fsp3) is 0.250. The van der Waals surface area contributed by atoms with Crippen LogP contribution in [0.25, 0.3) is 0 Å². The van der Waals surface area contributed by atoms with Crippen LogP contribution in [0.5, 0.6) is 5.75 Å². The van der Waals surface area contributed by atoms with Gasteiger partial charge in [0.1, 0.15) is 5.75 Å². The highest BCUT2D eigenvalue weighted by atomic mass is 16.5. The van der Waals surface area contributed by atoms with Crippen molar-refractivity contribution in [1.29, 1.82) is 0 Å². The predicted molar refractivity (Wildman–Crippen MR) is 101 cm³/mol. The summed E-state index contributed by atoms with van der Waals surface area (Å²) in [5.74, 6) is -0.617. The van der Waals surface area contributed by atoms with Gasteiger partial charge in [0, 0.05) is 12.6 Å². The van der Waals surface area contributed by atoms with Gasteiger partial charge < -0.3 is 20.1 Å². The lowest BCUT2D eigenvalue weighted by Crippen LogP contribution is -2.31. The first-order valence-corrected chi connectivity index (χ1v) is 8.37. The second kappa shape index (κ2) is 9.38. The van der Waals surface area contributed by atoms with Crippen molar-refractivity contribution in [3.63, 3.8) is 0 Å². The number of nitrogens with one attached hydrogen (secondary N) is 2. The minimum Gasteiger partial charge on any atom is -0.497 e. The summed E-state index contributed by atoms with van der Waals surface area (Å²) in [7, 11) is 1.57. The Hall–Kier alpha value is -3.35. The topological polar surface area (TPSA) is 93.7 Å². The number of carbonyl (C=O) groups excluding carboxylic acids is 3. The van der Waals surface area contributed by atoms with Crippen molar-refractivity contribution in [3.8, 4) is 5.75 Å². The Balaban J connectivity index is 1.89. The maximum atomic E-state index is 12.1. The molecule has 0 radical (unpaired) electrons. The molecule has 0 aliphatic heterocycles. The summed E-state index contributed by atoms with van der Waals surface area (Å²) in [6.07, 6.45) is 0. The van der Waals surface area contributed by atoms with E-state index in [0.717, 1.165) is 5.56 Å². The van der Waals surface area contributed by atoms with Crippen LogP contribution in [0.4, 0.5) is 5.69 Å². The number of anilines is 1. The van der Waals surface area contributed by atoms with Crippen LogP contribution in [0.3, 0.4) is 0 Å². The Morgan fingerprint density at radius 3 is 2.52 bits per heavy atom. The van der Waals surface area contributed by atoms with Crippen molar-refractivity contribution < 1.29 is 23.9 Å². The predicted octanol–water partition coefficient (Wildman–Crippen LogP) is 2.69. The number of methoxy groups -OCH3 is 1. The highest BCUT2D eigenvalue weighted by molar-refractivity contribution is 5.94. The van der Waals surface area contributed by atoms with E-state index >= 15 is 0 Å². The van der Waals surface area contributed by atoms with Crippen LogP contribution in [0.2, 0.25) is 0 Å². The summed E-state index contributed by atoms with van der Waals surface area (Å²) in [6, 6.07) is 13.4. The van der Waals surface area contributed by atoms with Gasteiger partial charge in [-0.05, 0) is 42.8 Å². The van der Waals surface area contributed by atoms with E-state index in [4.69, 9.17) is 9.47 Å². The first-order valence-electron chi connectivity index (χ1n) is 8.37. The number of hydrogen-bond acceptors (Lipinski definition) is 5. The SMILES string of the molecule is COc1cccc([C@@H](C)NC(=O)COC(=O)c2cccc(NC(C)=O)c2)c1. The highest BCUT2D eigenvalue weighted by Gasteiger charge is 2.14. The molecule has 2 amide bonds. The van der Waals surface area contributed by atoms with Crippen LogP contribution in [-0.4, -0.2) is 31.5 Å². The molecule has 7 heteroatoms. The number of benzene rings is 2. The van der Waals surface area contributed by atoms with Gasteiger partial charge in [-0.25, -0.2) is 4.79 Å². The normalized spacial score (nSPS) is 11.2. The number of esters is 1. The van der Waals surface area contributed by atoms with Gasteiger partial charge in [0.05, 0.1) is 18.7 Å². The maximum absolute atomic E-state index is 12.1. The van der Waals surface area contributed by atoms with Gasteiger partial charge in [-0.15, -0.1) is 0 Å². The minimum absolute atomic E-state index is 0.244. The summed E-state index contributed by atoms with van der Waals surface area (Å²) in [6.45, 7) is 2.79. The van der Waals surface area contributed by atoms with Crippen molar-refractivity contribution in [3.05, 3.63) is 59.7 Å². The van der Waals surface area contributed by atoms with Crippen LogP contribution in [0, 0.1) is 0 Å². The van der Waals surface area contributed by atoms with Crippen molar-refractivity contribution in [2.24, 2.45) is 0 Å². The summed E-state index contributed by atoms with van der Waals surface area (Å²) >= 11 is 0. The molecule has 0 aliphatic carbocycles. The Morgan fingerprint density at radius 1 is 1.07 bits per heavy atom. The number of hydrogen-bond donors (Lipinski definition) is 2. The van der Waals surface area contributed by atoms with E-state index < -0.39 is 18.5 Å². The first-order chi connectivity index (χ1) is 12.9. The van der Waals surface area contributed by atoms with E-state index in [2.05, 4.69) is 10.6 Å². The van der Waals surface area contributed by atoms with Gasteiger partial charge in [-0.1, -0.05) is 18.2 Å². The van der Waals surface area contributed by atoms with Crippen molar-refractivity contribution in [2.75, 3.05) is 19.0 Å². The third-order valence-corrected chi connectivity index (χ3v) is 3.72. The monoisotopic (exact) mass is 370 g/mol. The molecule has 0 aromatic heterocycles. The molecule has 27 heavy (non-hydrogen) atoms. The standard InChI is InChI=1S/C20H22N2O5/c1-13(15-6-5-9-18(11-15)26-3)21-19(24)12-27-20(25)16-7-4-8-17(10-16)22-14(2)23/h4-11,13H,12H2,1-3H3,(H,21,24)(H,22,23)/t13-/m1/s1. The summed E-state index contributed by atoms with van der Waals surface area (Å²) in [5.41, 5.74) is 1.60. The lowest BCUT2D eigenvalue weighted by atomic mass is 10.1. The van der Waals surface area contributed by atoms with Gasteiger partial charge in [0.2, 0.25) is 5.91 Å². The molecule has 0 fully saturated rings. The smallest absolute Gasteiger partial charge is 0.338 e. The molecule has 0 aliphatic rings. The lowest BCUT2D eigenvalue weighted by molar-refractivity contribution is -0.124. The number of amides is 2. The Labute approximate surface area is 157 Å². The van der Waals surface area contributed by atoms with E-state index in [9.17, 15) is 14.4 Å². The number of carbonyl (C=O) groups is 3. The Kier molecular flexibility index (Phi) is 6.93. The number of rotatable bonds is 7. The summed E-state index contributed by atoms with van der Waals surface area (Å²) in [4.78, 5) is 35.2. The van der Waals surface area contributed by atoms with Gasteiger partial charge >= 0.3 is 5.97 Å². The maximum Gasteiger partial charge on any atom is 0.338 e.